The van der Waals surface area contributed by atoms with Gasteiger partial charge >= 0.3 is 11.4 Å². The SMILES string of the molecule is O=C(O)CCCc1ccc(N(CCCl)CCCl)cc1.O=C(O)Cl. The fourth-order valence-electron chi connectivity index (χ4n) is 1.89. The van der Waals surface area contributed by atoms with Crippen molar-refractivity contribution in [1.82, 2.24) is 0 Å². The Balaban J connectivity index is 0.00000108. The molecule has 0 aliphatic heterocycles. The van der Waals surface area contributed by atoms with Crippen LogP contribution in [0.15, 0.2) is 24.3 Å². The van der Waals surface area contributed by atoms with E-state index in [0.717, 1.165) is 30.8 Å². The van der Waals surface area contributed by atoms with Gasteiger partial charge in [0, 0.05) is 48.6 Å². The standard InChI is InChI=1S/C14H19Cl2NO2.CHClO2/c15-8-10-17(11-9-16)13-6-4-12(5-7-13)2-1-3-14(18)19;2-1(3)4/h4-7H,1-3,8-11H2,(H,18,19);(H,3,4). The van der Waals surface area contributed by atoms with Crippen molar-refractivity contribution in [2.45, 2.75) is 19.3 Å². The van der Waals surface area contributed by atoms with Gasteiger partial charge in [0.05, 0.1) is 0 Å². The number of hydrogen-bond donors (Lipinski definition) is 2. The fraction of sp³-hybridized carbons (Fsp3) is 0.467. The number of rotatable bonds is 9. The van der Waals surface area contributed by atoms with Crippen molar-refractivity contribution in [3.63, 3.8) is 0 Å². The van der Waals surface area contributed by atoms with Crippen molar-refractivity contribution in [3.8, 4) is 0 Å². The molecular weight excluding hydrogens is 365 g/mol. The van der Waals surface area contributed by atoms with Crippen LogP contribution in [0.3, 0.4) is 0 Å². The number of aliphatic carboxylic acids is 1. The Morgan fingerprint density at radius 2 is 1.48 bits per heavy atom. The van der Waals surface area contributed by atoms with Crippen LogP contribution in [0.4, 0.5) is 10.5 Å². The van der Waals surface area contributed by atoms with Gasteiger partial charge in [-0.05, 0) is 30.5 Å². The van der Waals surface area contributed by atoms with E-state index in [2.05, 4.69) is 16.5 Å². The quantitative estimate of drug-likeness (QED) is 0.491. The van der Waals surface area contributed by atoms with Gasteiger partial charge in [0.15, 0.2) is 0 Å². The number of hydrogen-bond acceptors (Lipinski definition) is 3. The fourth-order valence-corrected chi connectivity index (χ4v) is 2.30. The maximum Gasteiger partial charge on any atom is 0.401 e. The van der Waals surface area contributed by atoms with Crippen molar-refractivity contribution in [2.24, 2.45) is 0 Å². The van der Waals surface area contributed by atoms with Crippen LogP contribution < -0.4 is 4.90 Å². The molecule has 0 aliphatic rings. The van der Waals surface area contributed by atoms with Crippen LogP contribution in [0.5, 0.6) is 0 Å². The second kappa shape index (κ2) is 13.3. The average Bonchev–Trinajstić information content (AvgIpc) is 2.47. The predicted octanol–water partition coefficient (Wildman–Crippen LogP) is 4.28. The number of anilines is 1. The molecule has 0 radical (unpaired) electrons. The van der Waals surface area contributed by atoms with E-state index in [1.54, 1.807) is 0 Å². The Hall–Kier alpha value is -1.17. The molecule has 0 unspecified atom stereocenters. The van der Waals surface area contributed by atoms with Gasteiger partial charge in [-0.1, -0.05) is 12.1 Å². The van der Waals surface area contributed by atoms with Gasteiger partial charge in [0.2, 0.25) is 0 Å². The van der Waals surface area contributed by atoms with Gasteiger partial charge in [-0.3, -0.25) is 4.79 Å². The molecule has 1 aromatic rings. The summed E-state index contributed by atoms with van der Waals surface area (Å²) in [5.41, 5.74) is 0.894. The van der Waals surface area contributed by atoms with E-state index in [1.807, 2.05) is 24.3 Å². The number of halogens is 3. The minimum atomic E-state index is -1.36. The maximum atomic E-state index is 10.4. The molecule has 0 spiro atoms. The molecule has 5 nitrogen and oxygen atoms in total. The third-order valence-electron chi connectivity index (χ3n) is 2.87. The molecule has 0 aliphatic carbocycles. The van der Waals surface area contributed by atoms with Gasteiger partial charge in [-0.25, -0.2) is 4.79 Å². The Morgan fingerprint density at radius 3 is 1.87 bits per heavy atom. The zero-order chi connectivity index (χ0) is 17.7. The number of carboxylic acid groups (broad SMARTS) is 2. The van der Waals surface area contributed by atoms with E-state index in [-0.39, 0.29) is 6.42 Å². The lowest BCUT2D eigenvalue weighted by molar-refractivity contribution is -0.137. The Kier molecular flexibility index (Phi) is 12.6. The minimum absolute atomic E-state index is 0.215. The van der Waals surface area contributed by atoms with E-state index in [4.69, 9.17) is 38.2 Å². The summed E-state index contributed by atoms with van der Waals surface area (Å²) < 4.78 is 0. The van der Waals surface area contributed by atoms with Gasteiger partial charge in [0.25, 0.3) is 0 Å². The van der Waals surface area contributed by atoms with Gasteiger partial charge in [0.1, 0.15) is 0 Å². The second-order valence-corrected chi connectivity index (χ2v) is 5.61. The molecule has 1 aromatic carbocycles. The molecule has 0 heterocycles. The molecule has 2 N–H and O–H groups in total. The first kappa shape index (κ1) is 21.8. The molecule has 0 bridgehead atoms. The third kappa shape index (κ3) is 12.0. The number of carboxylic acids is 1. The van der Waals surface area contributed by atoms with Gasteiger partial charge < -0.3 is 15.1 Å². The van der Waals surface area contributed by atoms with Crippen molar-refractivity contribution >= 4 is 51.9 Å². The number of benzene rings is 1. The predicted molar refractivity (Wildman–Crippen MR) is 94.5 cm³/mol. The molecule has 130 valence electrons. The van der Waals surface area contributed by atoms with E-state index in [0.29, 0.717) is 18.2 Å². The average molecular weight is 385 g/mol. The van der Waals surface area contributed by atoms with Crippen LogP contribution in [0.25, 0.3) is 0 Å². The van der Waals surface area contributed by atoms with E-state index >= 15 is 0 Å². The molecule has 0 amide bonds. The highest BCUT2D eigenvalue weighted by atomic mass is 35.5. The van der Waals surface area contributed by atoms with Gasteiger partial charge in [-0.2, -0.15) is 0 Å². The summed E-state index contributed by atoms with van der Waals surface area (Å²) in [7, 11) is 0. The molecular formula is C15H20Cl3NO4. The summed E-state index contributed by atoms with van der Waals surface area (Å²) >= 11 is 15.7. The molecule has 0 aromatic heterocycles. The van der Waals surface area contributed by atoms with Crippen LogP contribution in [0.2, 0.25) is 0 Å². The summed E-state index contributed by atoms with van der Waals surface area (Å²) in [6.45, 7) is 1.54. The monoisotopic (exact) mass is 383 g/mol. The lowest BCUT2D eigenvalue weighted by Gasteiger charge is -2.23. The Labute approximate surface area is 150 Å². The summed E-state index contributed by atoms with van der Waals surface area (Å²) in [4.78, 5) is 21.4. The van der Waals surface area contributed by atoms with E-state index < -0.39 is 11.4 Å². The minimum Gasteiger partial charge on any atom is -0.481 e. The summed E-state index contributed by atoms with van der Waals surface area (Å²) in [5.74, 6) is 0.390. The topological polar surface area (TPSA) is 77.8 Å². The smallest absolute Gasteiger partial charge is 0.401 e. The second-order valence-electron chi connectivity index (χ2n) is 4.53. The van der Waals surface area contributed by atoms with Crippen LogP contribution in [-0.4, -0.2) is 46.5 Å². The molecule has 0 saturated carbocycles. The number of nitrogens with zero attached hydrogens (tertiary/aromatic N) is 1. The Bertz CT molecular complexity index is 458. The van der Waals surface area contributed by atoms with Crippen LogP contribution in [-0.2, 0) is 11.2 Å². The Morgan fingerprint density at radius 1 is 1.00 bits per heavy atom. The van der Waals surface area contributed by atoms with Crippen molar-refractivity contribution in [2.75, 3.05) is 29.7 Å². The summed E-state index contributed by atoms with van der Waals surface area (Å²) in [5, 5.41) is 15.8. The van der Waals surface area contributed by atoms with Gasteiger partial charge in [-0.15, -0.1) is 23.2 Å². The van der Waals surface area contributed by atoms with Crippen LogP contribution >= 0.6 is 34.8 Å². The molecule has 8 heteroatoms. The molecule has 0 saturated heterocycles. The highest BCUT2D eigenvalue weighted by Crippen LogP contribution is 2.16. The van der Waals surface area contributed by atoms with Crippen molar-refractivity contribution in [1.29, 1.82) is 0 Å². The highest BCUT2D eigenvalue weighted by molar-refractivity contribution is 6.60. The molecule has 0 atom stereocenters. The number of carbonyl (C=O) groups is 2. The molecule has 1 rings (SSSR count). The molecule has 0 fully saturated rings. The van der Waals surface area contributed by atoms with Crippen molar-refractivity contribution in [3.05, 3.63) is 29.8 Å². The first-order valence-electron chi connectivity index (χ1n) is 6.96. The largest absolute Gasteiger partial charge is 0.481 e. The van der Waals surface area contributed by atoms with E-state index in [1.165, 1.54) is 0 Å². The van der Waals surface area contributed by atoms with E-state index in [9.17, 15) is 4.79 Å². The van der Waals surface area contributed by atoms with Crippen LogP contribution in [0, 0.1) is 0 Å². The zero-order valence-corrected chi connectivity index (χ0v) is 14.8. The lowest BCUT2D eigenvalue weighted by atomic mass is 10.1. The number of alkyl halides is 2. The molecule has 23 heavy (non-hydrogen) atoms. The van der Waals surface area contributed by atoms with Crippen LogP contribution in [0.1, 0.15) is 18.4 Å². The maximum absolute atomic E-state index is 10.4. The van der Waals surface area contributed by atoms with Crippen molar-refractivity contribution < 1.29 is 19.8 Å². The zero-order valence-electron chi connectivity index (χ0n) is 12.6. The first-order valence-corrected chi connectivity index (χ1v) is 8.41. The summed E-state index contributed by atoms with van der Waals surface area (Å²) in [6, 6.07) is 8.14. The first-order chi connectivity index (χ1) is 10.9. The third-order valence-corrected chi connectivity index (χ3v) is 3.20. The normalized spacial score (nSPS) is 9.70. The lowest BCUT2D eigenvalue weighted by Crippen LogP contribution is -2.27. The number of aryl methyl sites for hydroxylation is 1. The highest BCUT2D eigenvalue weighted by Gasteiger charge is 2.05. The summed E-state index contributed by atoms with van der Waals surface area (Å²) in [6.07, 6.45) is 1.67.